The fourth-order valence-electron chi connectivity index (χ4n) is 2.70. The van der Waals surface area contributed by atoms with Gasteiger partial charge in [0.15, 0.2) is 0 Å². The number of para-hydroxylation sites is 1. The van der Waals surface area contributed by atoms with Crippen LogP contribution in [0.1, 0.15) is 10.9 Å². The highest BCUT2D eigenvalue weighted by Crippen LogP contribution is 2.23. The average Bonchev–Trinajstić information content (AvgIpc) is 3.30. The third-order valence-corrected chi connectivity index (χ3v) is 5.95. The molecule has 0 radical (unpaired) electrons. The second-order valence-electron chi connectivity index (χ2n) is 5.99. The van der Waals surface area contributed by atoms with Crippen molar-refractivity contribution in [2.24, 2.45) is 0 Å². The summed E-state index contributed by atoms with van der Waals surface area (Å²) in [5, 5.41) is 12.1. The highest BCUT2D eigenvalue weighted by molar-refractivity contribution is 7.99. The van der Waals surface area contributed by atoms with Gasteiger partial charge in [0.1, 0.15) is 0 Å². The molecular weight excluding hydrogens is 386 g/mol. The van der Waals surface area contributed by atoms with Gasteiger partial charge in [0.05, 0.1) is 27.5 Å². The van der Waals surface area contributed by atoms with Crippen LogP contribution in [-0.2, 0) is 22.4 Å². The molecule has 140 valence electrons. The van der Waals surface area contributed by atoms with Gasteiger partial charge in [0.2, 0.25) is 17.7 Å². The summed E-state index contributed by atoms with van der Waals surface area (Å²) in [7, 11) is 0. The van der Waals surface area contributed by atoms with Crippen molar-refractivity contribution in [1.29, 1.82) is 0 Å². The van der Waals surface area contributed by atoms with Gasteiger partial charge in [-0.15, -0.1) is 21.5 Å². The Labute approximate surface area is 163 Å². The number of carbonyl (C=O) groups excluding carboxylic acids is 2. The van der Waals surface area contributed by atoms with Crippen molar-refractivity contribution < 1.29 is 14.0 Å². The number of fused-ring (bicyclic) bond motifs is 1. The van der Waals surface area contributed by atoms with Crippen LogP contribution in [0.15, 0.2) is 33.9 Å². The van der Waals surface area contributed by atoms with E-state index in [1.807, 2.05) is 18.2 Å². The lowest BCUT2D eigenvalue weighted by atomic mass is 10.3. The molecule has 2 aromatic heterocycles. The second kappa shape index (κ2) is 8.05. The molecule has 1 N–H and O–H groups in total. The molecule has 0 atom stereocenters. The van der Waals surface area contributed by atoms with Gasteiger partial charge in [-0.1, -0.05) is 23.9 Å². The largest absolute Gasteiger partial charge is 0.416 e. The Balaban J connectivity index is 1.28. The minimum absolute atomic E-state index is 0.107. The zero-order valence-corrected chi connectivity index (χ0v) is 16.0. The summed E-state index contributed by atoms with van der Waals surface area (Å²) in [4.78, 5) is 29.6. The first-order valence-electron chi connectivity index (χ1n) is 8.51. The number of carbonyl (C=O) groups is 2. The lowest BCUT2D eigenvalue weighted by Crippen LogP contribution is -2.50. The molecule has 1 aliphatic heterocycles. The minimum Gasteiger partial charge on any atom is -0.416 e. The van der Waals surface area contributed by atoms with Crippen molar-refractivity contribution in [3.63, 3.8) is 0 Å². The molecule has 0 saturated carbocycles. The first-order chi connectivity index (χ1) is 13.2. The number of aromatic nitrogens is 3. The highest BCUT2D eigenvalue weighted by Gasteiger charge is 2.21. The first-order valence-corrected chi connectivity index (χ1v) is 10.3. The smallest absolute Gasteiger partial charge is 0.277 e. The van der Waals surface area contributed by atoms with E-state index in [0.29, 0.717) is 30.6 Å². The standard InChI is InChI=1S/C17H17N5O3S2/c23-13-9-22(8-7-18-13)16(24)10-26-17-21-20-14(25-17)5-6-15-19-11-3-1-2-4-12(11)27-15/h1-4H,5-10H2,(H,18,23). The fraction of sp³-hybridized carbons (Fsp3) is 0.353. The third kappa shape index (κ3) is 4.45. The van der Waals surface area contributed by atoms with Gasteiger partial charge >= 0.3 is 0 Å². The lowest BCUT2D eigenvalue weighted by Gasteiger charge is -2.26. The summed E-state index contributed by atoms with van der Waals surface area (Å²) in [6, 6.07) is 8.04. The molecule has 10 heteroatoms. The molecule has 0 bridgehead atoms. The number of amides is 2. The van der Waals surface area contributed by atoms with E-state index in [-0.39, 0.29) is 24.1 Å². The maximum absolute atomic E-state index is 12.1. The number of piperazine rings is 1. The average molecular weight is 403 g/mol. The number of nitrogens with one attached hydrogen (secondary N) is 1. The number of thioether (sulfide) groups is 1. The number of aryl methyl sites for hydroxylation is 2. The quantitative estimate of drug-likeness (QED) is 0.623. The molecule has 1 fully saturated rings. The molecule has 8 nitrogen and oxygen atoms in total. The molecule has 0 unspecified atom stereocenters. The Hall–Kier alpha value is -2.46. The first kappa shape index (κ1) is 17.9. The van der Waals surface area contributed by atoms with Crippen LogP contribution < -0.4 is 5.32 Å². The van der Waals surface area contributed by atoms with Crippen molar-refractivity contribution in [1.82, 2.24) is 25.4 Å². The van der Waals surface area contributed by atoms with E-state index in [0.717, 1.165) is 16.9 Å². The number of hydrogen-bond donors (Lipinski definition) is 1. The normalized spacial score (nSPS) is 14.5. The van der Waals surface area contributed by atoms with E-state index in [1.165, 1.54) is 21.4 Å². The van der Waals surface area contributed by atoms with Crippen LogP contribution in [0.2, 0.25) is 0 Å². The number of hydrogen-bond acceptors (Lipinski definition) is 8. The van der Waals surface area contributed by atoms with Crippen LogP contribution in [0.4, 0.5) is 0 Å². The molecule has 1 aromatic carbocycles. The maximum Gasteiger partial charge on any atom is 0.277 e. The molecule has 0 spiro atoms. The van der Waals surface area contributed by atoms with E-state index < -0.39 is 0 Å². The Bertz CT molecular complexity index is 937. The van der Waals surface area contributed by atoms with Crippen molar-refractivity contribution in [3.8, 4) is 0 Å². The molecule has 3 aromatic rings. The Kier molecular flexibility index (Phi) is 5.35. The van der Waals surface area contributed by atoms with Crippen LogP contribution in [0.25, 0.3) is 10.2 Å². The molecule has 1 aliphatic rings. The molecule has 1 saturated heterocycles. The molecule has 3 heterocycles. The summed E-state index contributed by atoms with van der Waals surface area (Å²) >= 11 is 2.86. The van der Waals surface area contributed by atoms with Crippen molar-refractivity contribution in [2.75, 3.05) is 25.4 Å². The monoisotopic (exact) mass is 403 g/mol. The van der Waals surface area contributed by atoms with Gasteiger partial charge in [0.25, 0.3) is 5.22 Å². The van der Waals surface area contributed by atoms with E-state index in [9.17, 15) is 9.59 Å². The summed E-state index contributed by atoms with van der Waals surface area (Å²) in [5.74, 6) is 0.465. The fourth-order valence-corrected chi connectivity index (χ4v) is 4.35. The SMILES string of the molecule is O=C1CN(C(=O)CSc2nnc(CCc3nc4ccccc4s3)o2)CCN1. The van der Waals surface area contributed by atoms with Gasteiger partial charge in [-0.25, -0.2) is 4.98 Å². The van der Waals surface area contributed by atoms with Crippen LogP contribution in [0.5, 0.6) is 0 Å². The van der Waals surface area contributed by atoms with Gasteiger partial charge in [0, 0.05) is 25.9 Å². The molecule has 2 amide bonds. The molecule has 4 rings (SSSR count). The zero-order chi connectivity index (χ0) is 18.6. The predicted octanol–water partition coefficient (Wildman–Crippen LogP) is 1.51. The maximum atomic E-state index is 12.1. The van der Waals surface area contributed by atoms with Gasteiger partial charge in [-0.05, 0) is 12.1 Å². The van der Waals surface area contributed by atoms with Crippen molar-refractivity contribution >= 4 is 45.1 Å². The molecule has 27 heavy (non-hydrogen) atoms. The van der Waals surface area contributed by atoms with Crippen LogP contribution in [0, 0.1) is 0 Å². The number of benzene rings is 1. The summed E-state index contributed by atoms with van der Waals surface area (Å²) in [6.07, 6.45) is 1.33. The van der Waals surface area contributed by atoms with Gasteiger partial charge in [-0.2, -0.15) is 0 Å². The summed E-state index contributed by atoms with van der Waals surface area (Å²) in [5.41, 5.74) is 1.00. The summed E-state index contributed by atoms with van der Waals surface area (Å²) in [6.45, 7) is 1.13. The van der Waals surface area contributed by atoms with E-state index in [4.69, 9.17) is 4.42 Å². The van der Waals surface area contributed by atoms with E-state index in [2.05, 4.69) is 26.6 Å². The predicted molar refractivity (Wildman–Crippen MR) is 102 cm³/mol. The second-order valence-corrected chi connectivity index (χ2v) is 8.03. The zero-order valence-electron chi connectivity index (χ0n) is 14.4. The van der Waals surface area contributed by atoms with E-state index in [1.54, 1.807) is 11.3 Å². The molecule has 0 aliphatic carbocycles. The third-order valence-electron chi connectivity index (χ3n) is 4.05. The Morgan fingerprint density at radius 2 is 2.19 bits per heavy atom. The van der Waals surface area contributed by atoms with Crippen LogP contribution >= 0.6 is 23.1 Å². The van der Waals surface area contributed by atoms with E-state index >= 15 is 0 Å². The van der Waals surface area contributed by atoms with Crippen LogP contribution in [0.3, 0.4) is 0 Å². The molecular formula is C17H17N5O3S2. The number of nitrogens with zero attached hydrogens (tertiary/aromatic N) is 4. The van der Waals surface area contributed by atoms with Gasteiger partial charge < -0.3 is 14.6 Å². The van der Waals surface area contributed by atoms with Crippen molar-refractivity contribution in [3.05, 3.63) is 35.2 Å². The Morgan fingerprint density at radius 3 is 3.04 bits per heavy atom. The van der Waals surface area contributed by atoms with Gasteiger partial charge in [-0.3, -0.25) is 9.59 Å². The number of rotatable bonds is 6. The Morgan fingerprint density at radius 1 is 1.30 bits per heavy atom. The lowest BCUT2D eigenvalue weighted by molar-refractivity contribution is -0.136. The minimum atomic E-state index is -0.130. The summed E-state index contributed by atoms with van der Waals surface area (Å²) < 4.78 is 6.77. The topological polar surface area (TPSA) is 101 Å². The number of thiazole rings is 1. The highest BCUT2D eigenvalue weighted by atomic mass is 32.2. The van der Waals surface area contributed by atoms with Crippen molar-refractivity contribution in [2.45, 2.75) is 18.1 Å². The van der Waals surface area contributed by atoms with Crippen LogP contribution in [-0.4, -0.2) is 57.3 Å².